The summed E-state index contributed by atoms with van der Waals surface area (Å²) in [6.45, 7) is 0.145. The van der Waals surface area contributed by atoms with Gasteiger partial charge in [0.15, 0.2) is 11.5 Å². The first-order valence-electron chi connectivity index (χ1n) is 10.4. The second kappa shape index (κ2) is 9.91. The molecular weight excluding hydrogens is 420 g/mol. The van der Waals surface area contributed by atoms with Crippen LogP contribution in [0.25, 0.3) is 6.08 Å². The molecule has 2 amide bonds. The molecule has 0 saturated carbocycles. The molecule has 0 saturated heterocycles. The largest absolute Gasteiger partial charge is 0.497 e. The summed E-state index contributed by atoms with van der Waals surface area (Å²) in [5, 5.41) is 2.86. The Morgan fingerprint density at radius 3 is 2.45 bits per heavy atom. The van der Waals surface area contributed by atoms with E-state index in [0.29, 0.717) is 22.9 Å². The summed E-state index contributed by atoms with van der Waals surface area (Å²) in [5.74, 6) is 1.36. The number of nitrogens with zero attached hydrogens (tertiary/aromatic N) is 1. The molecule has 7 nitrogen and oxygen atoms in total. The predicted octanol–water partition coefficient (Wildman–Crippen LogP) is 3.79. The second-order valence-electron chi connectivity index (χ2n) is 7.33. The van der Waals surface area contributed by atoms with E-state index >= 15 is 0 Å². The zero-order valence-corrected chi connectivity index (χ0v) is 18.4. The smallest absolute Gasteiger partial charge is 0.294 e. The van der Waals surface area contributed by atoms with Crippen molar-refractivity contribution in [1.29, 1.82) is 0 Å². The topological polar surface area (TPSA) is 77.1 Å². The van der Waals surface area contributed by atoms with E-state index in [9.17, 15) is 9.59 Å². The summed E-state index contributed by atoms with van der Waals surface area (Å²) in [6.07, 6.45) is 1.65. The average molecular weight is 444 g/mol. The molecule has 3 aromatic carbocycles. The summed E-state index contributed by atoms with van der Waals surface area (Å²) in [5.41, 5.74) is 2.17. The number of fused-ring (bicyclic) bond motifs is 1. The van der Waals surface area contributed by atoms with Crippen molar-refractivity contribution in [1.82, 2.24) is 5.32 Å². The van der Waals surface area contributed by atoms with Gasteiger partial charge >= 0.3 is 0 Å². The molecule has 3 aromatic rings. The lowest BCUT2D eigenvalue weighted by Crippen LogP contribution is -2.44. The maximum Gasteiger partial charge on any atom is 0.294 e. The third-order valence-electron chi connectivity index (χ3n) is 5.22. The Hall–Kier alpha value is -4.26. The fourth-order valence-corrected chi connectivity index (χ4v) is 3.51. The van der Waals surface area contributed by atoms with E-state index in [1.165, 1.54) is 4.90 Å². The number of amides is 2. The Balaban J connectivity index is 1.53. The zero-order chi connectivity index (χ0) is 23.2. The van der Waals surface area contributed by atoms with Gasteiger partial charge in [-0.25, -0.2) is 0 Å². The van der Waals surface area contributed by atoms with Crippen molar-refractivity contribution in [2.45, 2.75) is 6.54 Å². The number of ether oxygens (including phenoxy) is 3. The third kappa shape index (κ3) is 4.98. The lowest BCUT2D eigenvalue weighted by atomic mass is 10.1. The van der Waals surface area contributed by atoms with Crippen molar-refractivity contribution in [3.63, 3.8) is 0 Å². The summed E-state index contributed by atoms with van der Waals surface area (Å²) in [7, 11) is 3.18. The highest BCUT2D eigenvalue weighted by Crippen LogP contribution is 2.35. The summed E-state index contributed by atoms with van der Waals surface area (Å²) >= 11 is 0. The Morgan fingerprint density at radius 2 is 1.70 bits per heavy atom. The van der Waals surface area contributed by atoms with Crippen LogP contribution in [0.15, 0.2) is 78.6 Å². The molecular formula is C26H24N2O5. The van der Waals surface area contributed by atoms with E-state index in [4.69, 9.17) is 14.2 Å². The molecule has 0 bridgehead atoms. The molecule has 0 unspecified atom stereocenters. The van der Waals surface area contributed by atoms with Gasteiger partial charge in [0, 0.05) is 12.1 Å². The quantitative estimate of drug-likeness (QED) is 0.561. The minimum absolute atomic E-state index is 0.136. The first-order valence-corrected chi connectivity index (χ1v) is 10.4. The Labute approximate surface area is 192 Å². The number of carbonyl (C=O) groups is 2. The molecule has 0 radical (unpaired) electrons. The monoisotopic (exact) mass is 444 g/mol. The first-order chi connectivity index (χ1) is 16.1. The second-order valence-corrected chi connectivity index (χ2v) is 7.33. The van der Waals surface area contributed by atoms with Gasteiger partial charge < -0.3 is 19.5 Å². The van der Waals surface area contributed by atoms with Crippen LogP contribution in [0.4, 0.5) is 5.69 Å². The maximum absolute atomic E-state index is 13.2. The van der Waals surface area contributed by atoms with Crippen LogP contribution in [0, 0.1) is 0 Å². The van der Waals surface area contributed by atoms with Crippen LogP contribution >= 0.6 is 0 Å². The van der Waals surface area contributed by atoms with E-state index in [1.54, 1.807) is 50.6 Å². The molecule has 4 rings (SSSR count). The molecule has 1 N–H and O–H groups in total. The molecule has 1 aliphatic heterocycles. The number of nitrogens with one attached hydrogen (secondary N) is 1. The molecule has 0 aromatic heterocycles. The lowest BCUT2D eigenvalue weighted by Gasteiger charge is -2.30. The van der Waals surface area contributed by atoms with Crippen LogP contribution in [0.3, 0.4) is 0 Å². The van der Waals surface area contributed by atoms with Crippen molar-refractivity contribution in [3.8, 4) is 17.2 Å². The third-order valence-corrected chi connectivity index (χ3v) is 5.22. The minimum atomic E-state index is -0.392. The molecule has 1 heterocycles. The number of anilines is 1. The summed E-state index contributed by atoms with van der Waals surface area (Å²) < 4.78 is 16.4. The van der Waals surface area contributed by atoms with E-state index in [0.717, 1.165) is 11.1 Å². The van der Waals surface area contributed by atoms with Crippen LogP contribution in [-0.2, 0) is 16.1 Å². The van der Waals surface area contributed by atoms with Gasteiger partial charge in [-0.05, 0) is 42.0 Å². The van der Waals surface area contributed by atoms with Crippen LogP contribution in [0.2, 0.25) is 0 Å². The first kappa shape index (κ1) is 22.0. The average Bonchev–Trinajstić information content (AvgIpc) is 2.86. The SMILES string of the molecule is COc1ccc(/C=C2\Oc3ccccc3N(CC(=O)NCc3ccccc3OC)C2=O)cc1. The van der Waals surface area contributed by atoms with Crippen LogP contribution in [-0.4, -0.2) is 32.6 Å². The van der Waals surface area contributed by atoms with E-state index in [2.05, 4.69) is 5.32 Å². The van der Waals surface area contributed by atoms with Gasteiger partial charge in [-0.15, -0.1) is 0 Å². The van der Waals surface area contributed by atoms with Crippen LogP contribution in [0.5, 0.6) is 17.2 Å². The minimum Gasteiger partial charge on any atom is -0.497 e. The molecule has 0 spiro atoms. The summed E-state index contributed by atoms with van der Waals surface area (Å²) in [4.78, 5) is 27.4. The number of para-hydroxylation sites is 3. The molecule has 0 atom stereocenters. The number of benzene rings is 3. The summed E-state index contributed by atoms with van der Waals surface area (Å²) in [6, 6.07) is 21.9. The van der Waals surface area contributed by atoms with Gasteiger partial charge in [0.05, 0.1) is 19.9 Å². The molecule has 1 aliphatic rings. The van der Waals surface area contributed by atoms with Crippen molar-refractivity contribution in [2.75, 3.05) is 25.7 Å². The molecule has 0 aliphatic carbocycles. The van der Waals surface area contributed by atoms with Gasteiger partial charge in [-0.3, -0.25) is 14.5 Å². The van der Waals surface area contributed by atoms with Gasteiger partial charge in [0.1, 0.15) is 18.0 Å². The Morgan fingerprint density at radius 1 is 0.970 bits per heavy atom. The highest BCUT2D eigenvalue weighted by atomic mass is 16.5. The van der Waals surface area contributed by atoms with Gasteiger partial charge in [-0.1, -0.05) is 42.5 Å². The fourth-order valence-electron chi connectivity index (χ4n) is 3.51. The Bertz CT molecular complexity index is 1190. The predicted molar refractivity (Wildman–Crippen MR) is 125 cm³/mol. The molecule has 0 fully saturated rings. The van der Waals surface area contributed by atoms with Crippen molar-refractivity contribution >= 4 is 23.6 Å². The normalized spacial score (nSPS) is 13.8. The van der Waals surface area contributed by atoms with Gasteiger partial charge in [-0.2, -0.15) is 0 Å². The number of hydrogen-bond acceptors (Lipinski definition) is 5. The number of hydrogen-bond donors (Lipinski definition) is 1. The van der Waals surface area contributed by atoms with Crippen molar-refractivity contribution in [3.05, 3.63) is 89.7 Å². The molecule has 168 valence electrons. The van der Waals surface area contributed by atoms with Crippen LogP contribution < -0.4 is 24.4 Å². The zero-order valence-electron chi connectivity index (χ0n) is 18.4. The lowest BCUT2D eigenvalue weighted by molar-refractivity contribution is -0.123. The van der Waals surface area contributed by atoms with Gasteiger partial charge in [0.25, 0.3) is 5.91 Å². The van der Waals surface area contributed by atoms with E-state index in [-0.39, 0.29) is 24.8 Å². The van der Waals surface area contributed by atoms with Crippen molar-refractivity contribution in [2.24, 2.45) is 0 Å². The number of rotatable bonds is 7. The highest BCUT2D eigenvalue weighted by molar-refractivity contribution is 6.12. The number of carbonyl (C=O) groups excluding carboxylic acids is 2. The van der Waals surface area contributed by atoms with E-state index in [1.807, 2.05) is 42.5 Å². The van der Waals surface area contributed by atoms with Crippen molar-refractivity contribution < 1.29 is 23.8 Å². The maximum atomic E-state index is 13.2. The number of methoxy groups -OCH3 is 2. The Kier molecular flexibility index (Phi) is 6.59. The molecule has 7 heteroatoms. The standard InChI is InChI=1S/C26H24N2O5/c1-31-20-13-11-18(12-14-20)15-24-26(30)28(21-8-4-6-10-23(21)33-24)17-25(29)27-16-19-7-3-5-9-22(19)32-2/h3-15H,16-17H2,1-2H3,(H,27,29)/b24-15-. The van der Waals surface area contributed by atoms with Gasteiger partial charge in [0.2, 0.25) is 5.91 Å². The fraction of sp³-hybridized carbons (Fsp3) is 0.154. The van der Waals surface area contributed by atoms with E-state index < -0.39 is 5.91 Å². The highest BCUT2D eigenvalue weighted by Gasteiger charge is 2.31. The van der Waals surface area contributed by atoms with Crippen LogP contribution in [0.1, 0.15) is 11.1 Å². The molecule has 33 heavy (non-hydrogen) atoms.